The summed E-state index contributed by atoms with van der Waals surface area (Å²) < 4.78 is 0. The summed E-state index contributed by atoms with van der Waals surface area (Å²) in [5, 5.41) is 4.26. The van der Waals surface area contributed by atoms with Gasteiger partial charge in [-0.3, -0.25) is 4.79 Å². The van der Waals surface area contributed by atoms with Crippen molar-refractivity contribution in [2.75, 3.05) is 19.6 Å². The molecule has 1 aliphatic rings. The van der Waals surface area contributed by atoms with Crippen LogP contribution in [0.25, 0.3) is 0 Å². The number of carbonyl (C=O) groups is 1. The number of amides is 1. The average molecular weight is 273 g/mol. The van der Waals surface area contributed by atoms with E-state index in [1.807, 2.05) is 30.3 Å². The molecular formula is C16H23N3O. The van der Waals surface area contributed by atoms with E-state index in [2.05, 4.69) is 22.4 Å². The lowest BCUT2D eigenvalue weighted by Gasteiger charge is -2.26. The Morgan fingerprint density at radius 1 is 1.25 bits per heavy atom. The first-order chi connectivity index (χ1) is 9.78. The zero-order valence-corrected chi connectivity index (χ0v) is 12.1. The summed E-state index contributed by atoms with van der Waals surface area (Å²) in [4.78, 5) is 14.2. The molecule has 4 heteroatoms. The van der Waals surface area contributed by atoms with Crippen LogP contribution in [0.1, 0.15) is 31.7 Å². The molecule has 0 aromatic heterocycles. The highest BCUT2D eigenvalue weighted by atomic mass is 16.2. The van der Waals surface area contributed by atoms with Gasteiger partial charge in [0.2, 0.25) is 5.91 Å². The predicted molar refractivity (Wildman–Crippen MR) is 81.7 cm³/mol. The molecule has 2 rings (SSSR count). The van der Waals surface area contributed by atoms with E-state index in [1.54, 1.807) is 0 Å². The lowest BCUT2D eigenvalue weighted by atomic mass is 10.1. The van der Waals surface area contributed by atoms with Crippen LogP contribution >= 0.6 is 0 Å². The van der Waals surface area contributed by atoms with Crippen LogP contribution < -0.4 is 5.43 Å². The van der Waals surface area contributed by atoms with Crippen LogP contribution in [0.4, 0.5) is 0 Å². The van der Waals surface area contributed by atoms with Crippen molar-refractivity contribution in [1.82, 2.24) is 10.3 Å². The van der Waals surface area contributed by atoms with Crippen molar-refractivity contribution in [3.05, 3.63) is 35.9 Å². The molecule has 1 aromatic carbocycles. The largest absolute Gasteiger partial charge is 0.303 e. The minimum absolute atomic E-state index is 0.0420. The molecule has 0 spiro atoms. The van der Waals surface area contributed by atoms with Crippen LogP contribution in [0.3, 0.4) is 0 Å². The van der Waals surface area contributed by atoms with Crippen LogP contribution in [-0.4, -0.2) is 36.2 Å². The number of nitrogens with one attached hydrogen (secondary N) is 1. The Bertz CT molecular complexity index is 446. The molecule has 0 saturated carbocycles. The maximum atomic E-state index is 11.8. The molecule has 0 aliphatic carbocycles. The van der Waals surface area contributed by atoms with E-state index >= 15 is 0 Å². The first kappa shape index (κ1) is 14.7. The smallest absolute Gasteiger partial charge is 0.244 e. The van der Waals surface area contributed by atoms with Crippen molar-refractivity contribution >= 4 is 11.6 Å². The number of carbonyl (C=O) groups excluding carboxylic acids is 1. The fourth-order valence-corrected chi connectivity index (χ4v) is 2.42. The van der Waals surface area contributed by atoms with Crippen LogP contribution in [-0.2, 0) is 11.2 Å². The summed E-state index contributed by atoms with van der Waals surface area (Å²) in [5.41, 5.74) is 4.80. The molecule has 1 saturated heterocycles. The molecule has 0 bridgehead atoms. The van der Waals surface area contributed by atoms with Gasteiger partial charge in [-0.2, -0.15) is 5.10 Å². The van der Waals surface area contributed by atoms with Crippen molar-refractivity contribution in [2.24, 2.45) is 5.10 Å². The van der Waals surface area contributed by atoms with Gasteiger partial charge in [0.25, 0.3) is 0 Å². The van der Waals surface area contributed by atoms with Gasteiger partial charge in [0.05, 0.1) is 6.42 Å². The summed E-state index contributed by atoms with van der Waals surface area (Å²) >= 11 is 0. The van der Waals surface area contributed by atoms with Crippen molar-refractivity contribution < 1.29 is 4.79 Å². The second-order valence-electron chi connectivity index (χ2n) is 5.22. The third kappa shape index (κ3) is 4.78. The number of nitrogens with zero attached hydrogens (tertiary/aromatic N) is 2. The molecule has 20 heavy (non-hydrogen) atoms. The maximum Gasteiger partial charge on any atom is 0.244 e. The second-order valence-corrected chi connectivity index (χ2v) is 5.22. The number of rotatable bonds is 5. The molecule has 1 N–H and O–H groups in total. The van der Waals surface area contributed by atoms with Gasteiger partial charge in [-0.1, -0.05) is 37.3 Å². The molecule has 4 nitrogen and oxygen atoms in total. The highest BCUT2D eigenvalue weighted by Crippen LogP contribution is 2.07. The van der Waals surface area contributed by atoms with Crippen LogP contribution in [0, 0.1) is 0 Å². The molecule has 0 unspecified atom stereocenters. The fourth-order valence-electron chi connectivity index (χ4n) is 2.42. The Morgan fingerprint density at radius 3 is 2.60 bits per heavy atom. The zero-order valence-electron chi connectivity index (χ0n) is 12.1. The predicted octanol–water partition coefficient (Wildman–Crippen LogP) is 2.21. The van der Waals surface area contributed by atoms with E-state index in [9.17, 15) is 4.79 Å². The Morgan fingerprint density at radius 2 is 1.95 bits per heavy atom. The number of piperidine rings is 1. The summed E-state index contributed by atoms with van der Waals surface area (Å²) in [5.74, 6) is -0.0420. The number of hydrogen-bond acceptors (Lipinski definition) is 3. The van der Waals surface area contributed by atoms with E-state index in [0.29, 0.717) is 6.42 Å². The van der Waals surface area contributed by atoms with Crippen molar-refractivity contribution in [3.8, 4) is 0 Å². The summed E-state index contributed by atoms with van der Waals surface area (Å²) in [6.07, 6.45) is 3.51. The second kappa shape index (κ2) is 7.80. The average Bonchev–Trinajstić information content (AvgIpc) is 2.48. The first-order valence-electron chi connectivity index (χ1n) is 7.38. The Balaban J connectivity index is 1.74. The summed E-state index contributed by atoms with van der Waals surface area (Å²) in [6.45, 7) is 5.48. The van der Waals surface area contributed by atoms with Crippen molar-refractivity contribution in [1.29, 1.82) is 0 Å². The third-order valence-corrected chi connectivity index (χ3v) is 3.52. The zero-order chi connectivity index (χ0) is 14.2. The minimum Gasteiger partial charge on any atom is -0.303 e. The molecule has 0 atom stereocenters. The first-order valence-corrected chi connectivity index (χ1v) is 7.38. The Kier molecular flexibility index (Phi) is 5.74. The summed E-state index contributed by atoms with van der Waals surface area (Å²) in [6, 6.07) is 9.74. The van der Waals surface area contributed by atoms with Gasteiger partial charge in [0.1, 0.15) is 0 Å². The Hall–Kier alpha value is -1.68. The molecule has 1 heterocycles. The van der Waals surface area contributed by atoms with E-state index in [4.69, 9.17) is 0 Å². The fraction of sp³-hybridized carbons (Fsp3) is 0.500. The van der Waals surface area contributed by atoms with Gasteiger partial charge in [-0.15, -0.1) is 0 Å². The highest BCUT2D eigenvalue weighted by molar-refractivity contribution is 5.87. The summed E-state index contributed by atoms with van der Waals surface area (Å²) in [7, 11) is 0. The normalized spacial score (nSPS) is 15.9. The highest BCUT2D eigenvalue weighted by Gasteiger charge is 2.14. The number of hydrazone groups is 1. The molecule has 0 radical (unpaired) electrons. The van der Waals surface area contributed by atoms with Gasteiger partial charge in [0.15, 0.2) is 0 Å². The van der Waals surface area contributed by atoms with Crippen LogP contribution in [0.5, 0.6) is 0 Å². The van der Waals surface area contributed by atoms with Gasteiger partial charge >= 0.3 is 0 Å². The number of hydrogen-bond donors (Lipinski definition) is 1. The van der Waals surface area contributed by atoms with E-state index in [-0.39, 0.29) is 5.91 Å². The van der Waals surface area contributed by atoms with Crippen molar-refractivity contribution in [3.63, 3.8) is 0 Å². The van der Waals surface area contributed by atoms with Gasteiger partial charge in [-0.05, 0) is 18.5 Å². The molecule has 1 fully saturated rings. The van der Waals surface area contributed by atoms with E-state index in [0.717, 1.165) is 43.8 Å². The molecule has 1 aliphatic heterocycles. The van der Waals surface area contributed by atoms with Crippen LogP contribution in [0.2, 0.25) is 0 Å². The SMILES string of the molecule is CCCN1CCC(=NNC(=O)Cc2ccccc2)CC1. The Labute approximate surface area is 120 Å². The lowest BCUT2D eigenvalue weighted by Crippen LogP contribution is -2.35. The maximum absolute atomic E-state index is 11.8. The molecule has 1 amide bonds. The van der Waals surface area contributed by atoms with Gasteiger partial charge in [0, 0.05) is 31.6 Å². The lowest BCUT2D eigenvalue weighted by molar-refractivity contribution is -0.120. The quantitative estimate of drug-likeness (QED) is 0.836. The monoisotopic (exact) mass is 273 g/mol. The van der Waals surface area contributed by atoms with Crippen molar-refractivity contribution in [2.45, 2.75) is 32.6 Å². The topological polar surface area (TPSA) is 44.7 Å². The van der Waals surface area contributed by atoms with E-state index in [1.165, 1.54) is 6.42 Å². The van der Waals surface area contributed by atoms with Crippen LogP contribution in [0.15, 0.2) is 35.4 Å². The standard InChI is InChI=1S/C16H23N3O/c1-2-10-19-11-8-15(9-12-19)17-18-16(20)13-14-6-4-3-5-7-14/h3-7H,2,8-13H2,1H3,(H,18,20). The molecule has 1 aromatic rings. The van der Waals surface area contributed by atoms with Gasteiger partial charge in [-0.25, -0.2) is 5.43 Å². The molecule has 108 valence electrons. The van der Waals surface area contributed by atoms with Gasteiger partial charge < -0.3 is 4.90 Å². The van der Waals surface area contributed by atoms with E-state index < -0.39 is 0 Å². The third-order valence-electron chi connectivity index (χ3n) is 3.52. The number of likely N-dealkylation sites (tertiary alicyclic amines) is 1. The number of benzene rings is 1. The molecular weight excluding hydrogens is 250 g/mol. The minimum atomic E-state index is -0.0420.